The van der Waals surface area contributed by atoms with E-state index >= 15 is 0 Å². The van der Waals surface area contributed by atoms with Gasteiger partial charge in [0, 0.05) is 32.2 Å². The molecular weight excluding hydrogens is 440 g/mol. The van der Waals surface area contributed by atoms with Crippen molar-refractivity contribution in [2.45, 2.75) is 12.5 Å². The normalized spacial score (nSPS) is 20.2. The van der Waals surface area contributed by atoms with Gasteiger partial charge in [0.15, 0.2) is 0 Å². The number of nitrogens with one attached hydrogen (secondary N) is 1. The Morgan fingerprint density at radius 2 is 1.76 bits per heavy atom. The minimum atomic E-state index is -1.34. The number of amides is 4. The molecule has 2 saturated heterocycles. The van der Waals surface area contributed by atoms with E-state index in [1.807, 2.05) is 11.0 Å². The van der Waals surface area contributed by atoms with Crippen LogP contribution in [0.5, 0.6) is 0 Å². The summed E-state index contributed by atoms with van der Waals surface area (Å²) < 4.78 is 0. The van der Waals surface area contributed by atoms with Crippen molar-refractivity contribution in [1.82, 2.24) is 15.1 Å². The summed E-state index contributed by atoms with van der Waals surface area (Å²) in [5, 5.41) is 22.9. The average Bonchev–Trinajstić information content (AvgIpc) is 3.07. The Morgan fingerprint density at radius 3 is 2.38 bits per heavy atom. The van der Waals surface area contributed by atoms with Gasteiger partial charge in [-0.2, -0.15) is 5.26 Å². The number of hydrogen-bond acceptors (Lipinski definition) is 7. The largest absolute Gasteiger partial charge is 0.362 e. The fraction of sp³-hybridized carbons (Fsp3) is 0.304. The van der Waals surface area contributed by atoms with E-state index in [1.165, 1.54) is 6.07 Å². The average molecular weight is 462 g/mol. The summed E-state index contributed by atoms with van der Waals surface area (Å²) in [7, 11) is 0. The molecular formula is C23H22N6O5. The second-order valence-corrected chi connectivity index (χ2v) is 8.25. The minimum Gasteiger partial charge on any atom is -0.362 e. The number of para-hydroxylation sites is 2. The molecule has 1 N–H and O–H groups in total. The molecule has 0 spiro atoms. The lowest BCUT2D eigenvalue weighted by atomic mass is 9.91. The lowest BCUT2D eigenvalue weighted by molar-refractivity contribution is -0.384. The molecule has 2 aliphatic heterocycles. The van der Waals surface area contributed by atoms with Crippen LogP contribution in [0.2, 0.25) is 0 Å². The molecule has 0 bridgehead atoms. The van der Waals surface area contributed by atoms with Crippen LogP contribution in [0.3, 0.4) is 0 Å². The number of carbonyl (C=O) groups is 3. The molecule has 2 aromatic rings. The molecule has 2 fully saturated rings. The van der Waals surface area contributed by atoms with E-state index in [1.54, 1.807) is 54.3 Å². The van der Waals surface area contributed by atoms with Gasteiger partial charge in [-0.3, -0.25) is 24.6 Å². The first kappa shape index (κ1) is 22.7. The number of imide groups is 1. The maximum absolute atomic E-state index is 13.1. The van der Waals surface area contributed by atoms with Crippen LogP contribution in [0.1, 0.15) is 18.1 Å². The van der Waals surface area contributed by atoms with Crippen molar-refractivity contribution in [1.29, 1.82) is 5.26 Å². The standard InChI is InChI=1S/C23H22N6O5/c1-23(17-8-6-16(14-24)7-9-17)21(31)28(22(32)25-23)15-20(30)27-12-10-26(11-13-27)18-4-2-3-5-19(18)29(33)34/h2-9H,10-13,15H2,1H3,(H,25,32). The lowest BCUT2D eigenvalue weighted by Gasteiger charge is -2.36. The van der Waals surface area contributed by atoms with Crippen molar-refractivity contribution in [3.8, 4) is 6.07 Å². The van der Waals surface area contributed by atoms with E-state index in [0.717, 1.165) is 4.90 Å². The Bertz CT molecular complexity index is 1200. The molecule has 4 rings (SSSR count). The van der Waals surface area contributed by atoms with Crippen LogP contribution >= 0.6 is 0 Å². The van der Waals surface area contributed by atoms with Gasteiger partial charge in [-0.15, -0.1) is 0 Å². The van der Waals surface area contributed by atoms with Gasteiger partial charge in [0.2, 0.25) is 5.91 Å². The van der Waals surface area contributed by atoms with Gasteiger partial charge in [0.05, 0.1) is 16.6 Å². The zero-order valence-electron chi connectivity index (χ0n) is 18.4. The summed E-state index contributed by atoms with van der Waals surface area (Å²) in [6.45, 7) is 2.55. The molecule has 11 nitrogen and oxygen atoms in total. The van der Waals surface area contributed by atoms with Crippen molar-refractivity contribution >= 4 is 29.2 Å². The Balaban J connectivity index is 1.41. The third kappa shape index (κ3) is 4.01. The Kier molecular flexibility index (Phi) is 5.89. The summed E-state index contributed by atoms with van der Waals surface area (Å²) >= 11 is 0. The van der Waals surface area contributed by atoms with Crippen LogP contribution in [0.4, 0.5) is 16.2 Å². The van der Waals surface area contributed by atoms with Crippen LogP contribution in [-0.2, 0) is 15.1 Å². The number of nitro groups is 1. The predicted octanol–water partition coefficient (Wildman–Crippen LogP) is 1.58. The van der Waals surface area contributed by atoms with Crippen molar-refractivity contribution < 1.29 is 19.3 Å². The maximum atomic E-state index is 13.1. The number of nitriles is 1. The van der Waals surface area contributed by atoms with Crippen molar-refractivity contribution in [3.05, 3.63) is 69.8 Å². The van der Waals surface area contributed by atoms with E-state index in [2.05, 4.69) is 5.32 Å². The zero-order chi connectivity index (χ0) is 24.5. The first-order chi connectivity index (χ1) is 16.2. The number of rotatable bonds is 5. The summed E-state index contributed by atoms with van der Waals surface area (Å²) in [6.07, 6.45) is 0. The summed E-state index contributed by atoms with van der Waals surface area (Å²) in [5.41, 5.74) is 0.0978. The zero-order valence-corrected chi connectivity index (χ0v) is 18.4. The molecule has 0 radical (unpaired) electrons. The smallest absolute Gasteiger partial charge is 0.325 e. The van der Waals surface area contributed by atoms with Gasteiger partial charge in [0.25, 0.3) is 11.6 Å². The Morgan fingerprint density at radius 1 is 1.12 bits per heavy atom. The summed E-state index contributed by atoms with van der Waals surface area (Å²) in [5.74, 6) is -0.927. The highest BCUT2D eigenvalue weighted by molar-refractivity contribution is 6.09. The molecule has 0 aliphatic carbocycles. The Hall–Kier alpha value is -4.46. The highest BCUT2D eigenvalue weighted by Gasteiger charge is 2.49. The molecule has 2 aliphatic rings. The van der Waals surface area contributed by atoms with E-state index in [-0.39, 0.29) is 11.6 Å². The van der Waals surface area contributed by atoms with Gasteiger partial charge in [0.1, 0.15) is 17.8 Å². The van der Waals surface area contributed by atoms with Crippen molar-refractivity contribution in [3.63, 3.8) is 0 Å². The quantitative estimate of drug-likeness (QED) is 0.404. The van der Waals surface area contributed by atoms with Gasteiger partial charge in [-0.1, -0.05) is 24.3 Å². The number of anilines is 1. The molecule has 0 saturated carbocycles. The van der Waals surface area contributed by atoms with E-state index < -0.39 is 28.9 Å². The number of piperazine rings is 1. The number of carbonyl (C=O) groups excluding carboxylic acids is 3. The third-order valence-electron chi connectivity index (χ3n) is 6.21. The first-order valence-electron chi connectivity index (χ1n) is 10.7. The van der Waals surface area contributed by atoms with Gasteiger partial charge in [-0.25, -0.2) is 4.79 Å². The number of benzene rings is 2. The van der Waals surface area contributed by atoms with Gasteiger partial charge < -0.3 is 15.1 Å². The molecule has 0 aromatic heterocycles. The fourth-order valence-electron chi connectivity index (χ4n) is 4.23. The van der Waals surface area contributed by atoms with Crippen LogP contribution in [-0.4, -0.2) is 65.3 Å². The molecule has 34 heavy (non-hydrogen) atoms. The third-order valence-corrected chi connectivity index (χ3v) is 6.21. The van der Waals surface area contributed by atoms with E-state index in [9.17, 15) is 24.5 Å². The monoisotopic (exact) mass is 462 g/mol. The number of nitrogens with zero attached hydrogens (tertiary/aromatic N) is 5. The maximum Gasteiger partial charge on any atom is 0.325 e. The highest BCUT2D eigenvalue weighted by Crippen LogP contribution is 2.30. The van der Waals surface area contributed by atoms with Crippen molar-refractivity contribution in [2.75, 3.05) is 37.6 Å². The number of hydrogen-bond donors (Lipinski definition) is 1. The highest BCUT2D eigenvalue weighted by atomic mass is 16.6. The lowest BCUT2D eigenvalue weighted by Crippen LogP contribution is -2.52. The fourth-order valence-corrected chi connectivity index (χ4v) is 4.23. The summed E-state index contributed by atoms with van der Waals surface area (Å²) in [4.78, 5) is 53.7. The number of nitro benzene ring substituents is 1. The van der Waals surface area contributed by atoms with Crippen LogP contribution in [0.15, 0.2) is 48.5 Å². The molecule has 1 atom stereocenters. The SMILES string of the molecule is CC1(c2ccc(C#N)cc2)NC(=O)N(CC(=O)N2CCN(c3ccccc3[N+](=O)[O-])CC2)C1=O. The van der Waals surface area contributed by atoms with Crippen molar-refractivity contribution in [2.24, 2.45) is 0 Å². The van der Waals surface area contributed by atoms with Crippen LogP contribution in [0, 0.1) is 21.4 Å². The summed E-state index contributed by atoms with van der Waals surface area (Å²) in [6, 6.07) is 14.1. The van der Waals surface area contributed by atoms with Gasteiger partial charge in [-0.05, 0) is 30.7 Å². The second kappa shape index (κ2) is 8.82. The van der Waals surface area contributed by atoms with E-state index in [0.29, 0.717) is 43.0 Å². The van der Waals surface area contributed by atoms with Gasteiger partial charge >= 0.3 is 6.03 Å². The van der Waals surface area contributed by atoms with Crippen LogP contribution in [0.25, 0.3) is 0 Å². The number of urea groups is 1. The molecule has 174 valence electrons. The predicted molar refractivity (Wildman–Crippen MR) is 121 cm³/mol. The molecule has 1 unspecified atom stereocenters. The minimum absolute atomic E-state index is 0.00343. The van der Waals surface area contributed by atoms with Crippen LogP contribution < -0.4 is 10.2 Å². The van der Waals surface area contributed by atoms with E-state index in [4.69, 9.17) is 5.26 Å². The molecule has 2 heterocycles. The molecule has 4 amide bonds. The topological polar surface area (TPSA) is 140 Å². The molecule has 11 heteroatoms. The Labute approximate surface area is 195 Å². The molecule has 2 aromatic carbocycles. The second-order valence-electron chi connectivity index (χ2n) is 8.25. The first-order valence-corrected chi connectivity index (χ1v) is 10.7.